The van der Waals surface area contributed by atoms with Gasteiger partial charge in [0.1, 0.15) is 0 Å². The molecule has 9 aromatic carbocycles. The summed E-state index contributed by atoms with van der Waals surface area (Å²) in [6.07, 6.45) is 0. The lowest BCUT2D eigenvalue weighted by atomic mass is 9.81. The Balaban J connectivity index is 1.16. The molecule has 2 aliphatic rings. The van der Waals surface area contributed by atoms with Crippen molar-refractivity contribution < 1.29 is 0 Å². The highest BCUT2D eigenvalue weighted by atomic mass is 15.1. The molecule has 1 heteroatoms. The van der Waals surface area contributed by atoms with E-state index >= 15 is 0 Å². The van der Waals surface area contributed by atoms with Gasteiger partial charge in [-0.05, 0) is 125 Å². The minimum atomic E-state index is -0.0993. The van der Waals surface area contributed by atoms with Gasteiger partial charge in [-0.3, -0.25) is 0 Å². The maximum absolute atomic E-state index is 2.48. The molecule has 1 nitrogen and oxygen atoms in total. The molecule has 0 radical (unpaired) electrons. The number of nitrogens with zero attached hydrogens (tertiary/aromatic N) is 1. The van der Waals surface area contributed by atoms with E-state index in [2.05, 4.69) is 209 Å². The Morgan fingerprint density at radius 1 is 0.309 bits per heavy atom. The molecule has 0 amide bonds. The van der Waals surface area contributed by atoms with Crippen LogP contribution in [0, 0.1) is 0 Å². The molecule has 0 N–H and O–H groups in total. The number of benzene rings is 9. The van der Waals surface area contributed by atoms with Crippen LogP contribution in [0.15, 0.2) is 176 Å². The molecule has 0 fully saturated rings. The molecule has 0 heterocycles. The highest BCUT2D eigenvalue weighted by molar-refractivity contribution is 6.24. The fourth-order valence-corrected chi connectivity index (χ4v) is 10.1. The van der Waals surface area contributed by atoms with Crippen LogP contribution in [0.4, 0.5) is 17.1 Å². The van der Waals surface area contributed by atoms with Crippen LogP contribution in [0.2, 0.25) is 0 Å². The summed E-state index contributed by atoms with van der Waals surface area (Å²) in [5.41, 5.74) is 16.8. The van der Waals surface area contributed by atoms with Crippen molar-refractivity contribution in [3.8, 4) is 33.4 Å². The van der Waals surface area contributed by atoms with Gasteiger partial charge in [0.25, 0.3) is 0 Å². The van der Waals surface area contributed by atoms with E-state index in [9.17, 15) is 0 Å². The summed E-state index contributed by atoms with van der Waals surface area (Å²) in [5, 5.41) is 7.56. The van der Waals surface area contributed by atoms with Crippen LogP contribution in [-0.2, 0) is 10.8 Å². The van der Waals surface area contributed by atoms with Gasteiger partial charge in [0, 0.05) is 27.6 Å². The van der Waals surface area contributed by atoms with E-state index < -0.39 is 0 Å². The Bertz CT molecular complexity index is 3040. The Kier molecular flexibility index (Phi) is 6.72. The molecule has 0 saturated carbocycles. The van der Waals surface area contributed by atoms with Crippen molar-refractivity contribution in [2.75, 3.05) is 4.90 Å². The Labute approximate surface area is 323 Å². The largest absolute Gasteiger partial charge is 0.310 e. The van der Waals surface area contributed by atoms with Crippen molar-refractivity contribution in [1.29, 1.82) is 0 Å². The van der Waals surface area contributed by atoms with E-state index in [1.807, 2.05) is 0 Å². The van der Waals surface area contributed by atoms with Crippen molar-refractivity contribution >= 4 is 49.4 Å². The van der Waals surface area contributed by atoms with Gasteiger partial charge in [0.2, 0.25) is 0 Å². The lowest BCUT2D eigenvalue weighted by molar-refractivity contribution is 0.660. The number of para-hydroxylation sites is 1. The first-order valence-electron chi connectivity index (χ1n) is 19.5. The number of anilines is 3. The Morgan fingerprint density at radius 3 is 1.47 bits per heavy atom. The Hall–Kier alpha value is -6.44. The van der Waals surface area contributed by atoms with Crippen LogP contribution in [0.25, 0.3) is 65.7 Å². The van der Waals surface area contributed by atoms with Crippen LogP contribution < -0.4 is 4.90 Å². The molecular formula is C54H41N. The van der Waals surface area contributed by atoms with Crippen molar-refractivity contribution in [2.45, 2.75) is 38.5 Å². The zero-order chi connectivity index (χ0) is 37.1. The first-order valence-corrected chi connectivity index (χ1v) is 19.5. The van der Waals surface area contributed by atoms with Gasteiger partial charge < -0.3 is 4.90 Å². The molecule has 9 aromatic rings. The minimum Gasteiger partial charge on any atom is -0.310 e. The smallest absolute Gasteiger partial charge is 0.0546 e. The SMILES string of the molecule is CC1(C)c2ccccc2-c2ccc(-c3cc4c5ccccc5c(N(c5ccccc5)c5ccc6c(c5)C(C)(C)c5ccccc5-6)cc4c4ccccc34)cc21. The highest BCUT2D eigenvalue weighted by Gasteiger charge is 2.37. The molecule has 0 aromatic heterocycles. The molecule has 55 heavy (non-hydrogen) atoms. The minimum absolute atomic E-state index is 0.0629. The molecule has 0 saturated heterocycles. The Morgan fingerprint density at radius 2 is 0.800 bits per heavy atom. The summed E-state index contributed by atoms with van der Waals surface area (Å²) < 4.78 is 0. The monoisotopic (exact) mass is 703 g/mol. The average molecular weight is 704 g/mol. The molecular weight excluding hydrogens is 663 g/mol. The van der Waals surface area contributed by atoms with Crippen LogP contribution in [-0.4, -0.2) is 0 Å². The summed E-state index contributed by atoms with van der Waals surface area (Å²) in [5.74, 6) is 0. The summed E-state index contributed by atoms with van der Waals surface area (Å²) in [6.45, 7) is 9.47. The van der Waals surface area contributed by atoms with E-state index in [1.54, 1.807) is 0 Å². The number of fused-ring (bicyclic) bond motifs is 11. The van der Waals surface area contributed by atoms with Crippen molar-refractivity contribution in [1.82, 2.24) is 0 Å². The lowest BCUT2D eigenvalue weighted by Gasteiger charge is -2.29. The van der Waals surface area contributed by atoms with Gasteiger partial charge in [0.05, 0.1) is 5.69 Å². The van der Waals surface area contributed by atoms with Crippen molar-refractivity contribution in [3.63, 3.8) is 0 Å². The van der Waals surface area contributed by atoms with Gasteiger partial charge in [-0.15, -0.1) is 0 Å². The lowest BCUT2D eigenvalue weighted by Crippen LogP contribution is -2.16. The van der Waals surface area contributed by atoms with Gasteiger partial charge in [-0.25, -0.2) is 0 Å². The molecule has 0 bridgehead atoms. The fraction of sp³-hybridized carbons (Fsp3) is 0.111. The third-order valence-electron chi connectivity index (χ3n) is 12.8. The first kappa shape index (κ1) is 32.0. The molecule has 0 atom stereocenters. The topological polar surface area (TPSA) is 3.24 Å². The molecule has 0 spiro atoms. The molecule has 2 aliphatic carbocycles. The standard InChI is InChI=1S/C54H41N/c1-53(2)48-24-14-12-21-40(48)42-28-26-34(30-50(42)53)45-32-46-39-20-10-11-23-44(39)52(33-47(46)38-19-9-8-18-37(38)45)55(35-16-6-5-7-17-35)36-27-29-43-41-22-13-15-25-49(41)54(3,4)51(43)31-36/h5-33H,1-4H3. The van der Waals surface area contributed by atoms with Crippen LogP contribution in [0.1, 0.15) is 49.9 Å². The van der Waals surface area contributed by atoms with E-state index in [-0.39, 0.29) is 10.8 Å². The molecule has 0 unspecified atom stereocenters. The maximum atomic E-state index is 2.48. The summed E-state index contributed by atoms with van der Waals surface area (Å²) >= 11 is 0. The molecule has 262 valence electrons. The quantitative estimate of drug-likeness (QED) is 0.165. The fourth-order valence-electron chi connectivity index (χ4n) is 10.1. The van der Waals surface area contributed by atoms with Crippen LogP contribution in [0.3, 0.4) is 0 Å². The van der Waals surface area contributed by atoms with Crippen molar-refractivity contribution in [2.24, 2.45) is 0 Å². The normalized spacial score (nSPS) is 14.5. The van der Waals surface area contributed by atoms with Gasteiger partial charge >= 0.3 is 0 Å². The maximum Gasteiger partial charge on any atom is 0.0546 e. The zero-order valence-electron chi connectivity index (χ0n) is 31.7. The second kappa shape index (κ2) is 11.5. The first-order chi connectivity index (χ1) is 26.8. The van der Waals surface area contributed by atoms with Crippen molar-refractivity contribution in [3.05, 3.63) is 198 Å². The summed E-state index contributed by atoms with van der Waals surface area (Å²) in [4.78, 5) is 2.48. The second-order valence-electron chi connectivity index (χ2n) is 16.5. The van der Waals surface area contributed by atoms with Crippen LogP contribution >= 0.6 is 0 Å². The third kappa shape index (κ3) is 4.53. The predicted octanol–water partition coefficient (Wildman–Crippen LogP) is 14.9. The van der Waals surface area contributed by atoms with E-state index in [1.165, 1.54) is 93.6 Å². The average Bonchev–Trinajstić information content (AvgIpc) is 3.60. The predicted molar refractivity (Wildman–Crippen MR) is 234 cm³/mol. The second-order valence-corrected chi connectivity index (χ2v) is 16.5. The van der Waals surface area contributed by atoms with Gasteiger partial charge in [-0.1, -0.05) is 161 Å². The molecule has 0 aliphatic heterocycles. The number of hydrogen-bond donors (Lipinski definition) is 0. The van der Waals surface area contributed by atoms with Gasteiger partial charge in [0.15, 0.2) is 0 Å². The summed E-state index contributed by atoms with van der Waals surface area (Å²) in [6, 6.07) is 65.9. The summed E-state index contributed by atoms with van der Waals surface area (Å²) in [7, 11) is 0. The van der Waals surface area contributed by atoms with Gasteiger partial charge in [-0.2, -0.15) is 0 Å². The van der Waals surface area contributed by atoms with E-state index in [4.69, 9.17) is 0 Å². The number of rotatable bonds is 4. The highest BCUT2D eigenvalue weighted by Crippen LogP contribution is 2.53. The van der Waals surface area contributed by atoms with E-state index in [0.717, 1.165) is 11.4 Å². The molecule has 11 rings (SSSR count). The van der Waals surface area contributed by atoms with Crippen LogP contribution in [0.5, 0.6) is 0 Å². The van der Waals surface area contributed by atoms with E-state index in [0.29, 0.717) is 0 Å². The third-order valence-corrected chi connectivity index (χ3v) is 12.8. The zero-order valence-corrected chi connectivity index (χ0v) is 31.7. The number of hydrogen-bond acceptors (Lipinski definition) is 1.